The molecule has 288 valence electrons. The van der Waals surface area contributed by atoms with Gasteiger partial charge in [0.1, 0.15) is 6.61 Å². The lowest BCUT2D eigenvalue weighted by Crippen LogP contribution is -2.29. The summed E-state index contributed by atoms with van der Waals surface area (Å²) in [7, 11) is -4.77. The summed E-state index contributed by atoms with van der Waals surface area (Å²) in [4.78, 5) is 42.7. The predicted octanol–water partition coefficient (Wildman–Crippen LogP) is 11.7. The number of unbranched alkanes of at least 4 members (excludes halogenated alkanes) is 15. The van der Waals surface area contributed by atoms with E-state index < -0.39 is 32.5 Å². The van der Waals surface area contributed by atoms with Crippen molar-refractivity contribution in [2.45, 2.75) is 174 Å². The van der Waals surface area contributed by atoms with Gasteiger partial charge in [0.15, 0.2) is 6.10 Å². The molecular formula is C41H71O8P. The van der Waals surface area contributed by atoms with Crippen LogP contribution in [0, 0.1) is 0 Å². The summed E-state index contributed by atoms with van der Waals surface area (Å²) in [5, 5.41) is 0. The van der Waals surface area contributed by atoms with E-state index in [1.54, 1.807) is 0 Å². The first-order valence-corrected chi connectivity index (χ1v) is 21.1. The molecule has 0 aliphatic rings. The van der Waals surface area contributed by atoms with Gasteiger partial charge in [-0.1, -0.05) is 139 Å². The fraction of sp³-hybridized carbons (Fsp3) is 0.707. The van der Waals surface area contributed by atoms with Crippen molar-refractivity contribution < 1.29 is 37.9 Å². The van der Waals surface area contributed by atoms with Crippen molar-refractivity contribution in [1.29, 1.82) is 0 Å². The third-order valence-electron chi connectivity index (χ3n) is 8.01. The Hall–Kier alpha value is -2.25. The zero-order chi connectivity index (χ0) is 36.8. The van der Waals surface area contributed by atoms with Gasteiger partial charge < -0.3 is 19.3 Å². The Labute approximate surface area is 305 Å². The summed E-state index contributed by atoms with van der Waals surface area (Å²) in [6.07, 6.45) is 45.1. The van der Waals surface area contributed by atoms with Gasteiger partial charge in [-0.25, -0.2) is 4.57 Å². The van der Waals surface area contributed by atoms with Crippen LogP contribution in [0.1, 0.15) is 168 Å². The molecule has 0 saturated carbocycles. The van der Waals surface area contributed by atoms with E-state index in [9.17, 15) is 14.2 Å². The second-order valence-electron chi connectivity index (χ2n) is 12.9. The van der Waals surface area contributed by atoms with Gasteiger partial charge >= 0.3 is 19.8 Å². The normalized spacial score (nSPS) is 13.1. The summed E-state index contributed by atoms with van der Waals surface area (Å²) in [5.41, 5.74) is 0. The van der Waals surface area contributed by atoms with E-state index >= 15 is 0 Å². The quantitative estimate of drug-likeness (QED) is 0.0287. The van der Waals surface area contributed by atoms with Crippen LogP contribution in [0.2, 0.25) is 0 Å². The highest BCUT2D eigenvalue weighted by Gasteiger charge is 2.22. The number of esters is 2. The topological polar surface area (TPSA) is 119 Å². The van der Waals surface area contributed by atoms with E-state index in [1.165, 1.54) is 77.0 Å². The lowest BCUT2D eigenvalue weighted by Gasteiger charge is -2.18. The molecule has 0 spiro atoms. The van der Waals surface area contributed by atoms with Crippen molar-refractivity contribution in [3.05, 3.63) is 60.8 Å². The molecule has 0 radical (unpaired) electrons. The first-order chi connectivity index (χ1) is 24.3. The van der Waals surface area contributed by atoms with Crippen molar-refractivity contribution in [1.82, 2.24) is 0 Å². The Kier molecular flexibility index (Phi) is 34.9. The first kappa shape index (κ1) is 47.8. The molecule has 0 aromatic rings. The number of rotatable bonds is 35. The number of allylic oxidation sites excluding steroid dienone is 10. The highest BCUT2D eigenvalue weighted by Crippen LogP contribution is 2.36. The van der Waals surface area contributed by atoms with Crippen LogP contribution in [0.3, 0.4) is 0 Å². The first-order valence-electron chi connectivity index (χ1n) is 19.6. The third-order valence-corrected chi connectivity index (χ3v) is 8.49. The molecule has 0 aliphatic heterocycles. The highest BCUT2D eigenvalue weighted by molar-refractivity contribution is 7.46. The van der Waals surface area contributed by atoms with Gasteiger partial charge in [0.2, 0.25) is 0 Å². The summed E-state index contributed by atoms with van der Waals surface area (Å²) < 4.78 is 26.3. The molecule has 50 heavy (non-hydrogen) atoms. The standard InChI is InChI=1S/C41H71O8P/c1-3-5-7-9-11-13-15-17-19-20-22-24-26-28-30-32-34-36-41(43)49-39(38-48-50(44,45)46)37-47-40(42)35-33-31-29-27-25-23-21-18-16-14-12-10-8-6-4-2/h11,13-14,16-17,19,22,24,28,30,39H,3-10,12,15,18,20-21,23,25-27,29,31-38H2,1-2H3,(H2,44,45,46)/b13-11+,16-14+,19-17+,24-22+,30-28+/t39-/m1/s1. The SMILES string of the molecule is CCCCC/C=C/C/C=C/C/C=C/C/C=C/CCCC(=O)O[C@H](COC(=O)CCCCCCCCC/C=C/CCCCCC)COP(=O)(O)O. The van der Waals surface area contributed by atoms with Crippen LogP contribution in [0.25, 0.3) is 0 Å². The van der Waals surface area contributed by atoms with Crippen molar-refractivity contribution >= 4 is 19.8 Å². The van der Waals surface area contributed by atoms with E-state index in [1.807, 2.05) is 6.08 Å². The Bertz CT molecular complexity index is 995. The Morgan fingerprint density at radius 3 is 1.46 bits per heavy atom. The molecule has 2 N–H and O–H groups in total. The van der Waals surface area contributed by atoms with Gasteiger partial charge in [-0.3, -0.25) is 14.1 Å². The largest absolute Gasteiger partial charge is 0.469 e. The maximum absolute atomic E-state index is 12.4. The summed E-state index contributed by atoms with van der Waals surface area (Å²) >= 11 is 0. The molecule has 1 atom stereocenters. The summed E-state index contributed by atoms with van der Waals surface area (Å²) in [5.74, 6) is -0.959. The molecule has 0 saturated heterocycles. The number of ether oxygens (including phenoxy) is 2. The second-order valence-corrected chi connectivity index (χ2v) is 14.1. The maximum Gasteiger partial charge on any atom is 0.469 e. The summed E-state index contributed by atoms with van der Waals surface area (Å²) in [6, 6.07) is 0. The van der Waals surface area contributed by atoms with Crippen molar-refractivity contribution in [3.8, 4) is 0 Å². The van der Waals surface area contributed by atoms with E-state index in [-0.39, 0.29) is 19.4 Å². The molecule has 0 fully saturated rings. The van der Waals surface area contributed by atoms with E-state index in [0.29, 0.717) is 19.3 Å². The minimum atomic E-state index is -4.77. The number of hydrogen-bond acceptors (Lipinski definition) is 6. The molecule has 0 heterocycles. The molecule has 0 bridgehead atoms. The maximum atomic E-state index is 12.4. The van der Waals surface area contributed by atoms with Gasteiger partial charge in [0.25, 0.3) is 0 Å². The van der Waals surface area contributed by atoms with Crippen molar-refractivity contribution in [3.63, 3.8) is 0 Å². The van der Waals surface area contributed by atoms with Gasteiger partial charge in [-0.2, -0.15) is 0 Å². The van der Waals surface area contributed by atoms with Gasteiger partial charge in [-0.15, -0.1) is 0 Å². The van der Waals surface area contributed by atoms with E-state index in [2.05, 4.69) is 73.1 Å². The zero-order valence-corrected chi connectivity index (χ0v) is 32.4. The number of hydrogen-bond donors (Lipinski definition) is 2. The van der Waals surface area contributed by atoms with Crippen LogP contribution < -0.4 is 0 Å². The van der Waals surface area contributed by atoms with Crippen LogP contribution in [-0.4, -0.2) is 41.0 Å². The molecule has 8 nitrogen and oxygen atoms in total. The van der Waals surface area contributed by atoms with Crippen LogP contribution in [0.15, 0.2) is 60.8 Å². The average molecular weight is 723 g/mol. The summed E-state index contributed by atoms with van der Waals surface area (Å²) in [6.45, 7) is 3.58. The Morgan fingerprint density at radius 1 is 0.520 bits per heavy atom. The molecule has 0 unspecified atom stereocenters. The minimum absolute atomic E-state index is 0.133. The monoisotopic (exact) mass is 722 g/mol. The van der Waals surface area contributed by atoms with Gasteiger partial charge in [-0.05, 0) is 77.0 Å². The second kappa shape index (κ2) is 36.5. The number of carbonyl (C=O) groups excluding carboxylic acids is 2. The third kappa shape index (κ3) is 38.6. The van der Waals surface area contributed by atoms with Crippen molar-refractivity contribution in [2.24, 2.45) is 0 Å². The predicted molar refractivity (Wildman–Crippen MR) is 207 cm³/mol. The molecular weight excluding hydrogens is 651 g/mol. The fourth-order valence-electron chi connectivity index (χ4n) is 5.06. The highest BCUT2D eigenvalue weighted by atomic mass is 31.2. The smallest absolute Gasteiger partial charge is 0.462 e. The molecule has 0 aliphatic carbocycles. The number of phosphoric acid groups is 1. The Morgan fingerprint density at radius 2 is 0.920 bits per heavy atom. The number of phosphoric ester groups is 1. The lowest BCUT2D eigenvalue weighted by molar-refractivity contribution is -0.161. The van der Waals surface area contributed by atoms with E-state index in [0.717, 1.165) is 44.9 Å². The van der Waals surface area contributed by atoms with Gasteiger partial charge in [0.05, 0.1) is 6.61 Å². The molecule has 0 aromatic heterocycles. The number of carbonyl (C=O) groups is 2. The van der Waals surface area contributed by atoms with Crippen LogP contribution in [0.5, 0.6) is 0 Å². The Balaban J connectivity index is 4.07. The lowest BCUT2D eigenvalue weighted by atomic mass is 10.1. The molecule has 0 amide bonds. The molecule has 0 aromatic carbocycles. The van der Waals surface area contributed by atoms with Crippen LogP contribution >= 0.6 is 7.82 Å². The van der Waals surface area contributed by atoms with Crippen LogP contribution in [-0.2, 0) is 28.2 Å². The van der Waals surface area contributed by atoms with Gasteiger partial charge in [0, 0.05) is 12.8 Å². The minimum Gasteiger partial charge on any atom is -0.462 e. The van der Waals surface area contributed by atoms with Crippen molar-refractivity contribution in [2.75, 3.05) is 13.2 Å². The zero-order valence-electron chi connectivity index (χ0n) is 31.5. The fourth-order valence-corrected chi connectivity index (χ4v) is 5.42. The average Bonchev–Trinajstić information content (AvgIpc) is 3.08. The van der Waals surface area contributed by atoms with E-state index in [4.69, 9.17) is 19.3 Å². The molecule has 0 rings (SSSR count). The van der Waals surface area contributed by atoms with Crippen LogP contribution in [0.4, 0.5) is 0 Å². The molecule has 9 heteroatoms.